The number of hydrogen-bond acceptors (Lipinski definition) is 7. The highest BCUT2D eigenvalue weighted by Crippen LogP contribution is 2.21. The van der Waals surface area contributed by atoms with Gasteiger partial charge in [-0.1, -0.05) is 11.6 Å². The molecule has 4 heterocycles. The molecule has 0 aromatic carbocycles. The van der Waals surface area contributed by atoms with Crippen LogP contribution >= 0.6 is 0 Å². The van der Waals surface area contributed by atoms with E-state index in [9.17, 15) is 0 Å². The van der Waals surface area contributed by atoms with Crippen molar-refractivity contribution in [1.29, 1.82) is 0 Å². The van der Waals surface area contributed by atoms with Crippen molar-refractivity contribution < 1.29 is 4.52 Å². The summed E-state index contributed by atoms with van der Waals surface area (Å²) in [6, 6.07) is 4.20. The summed E-state index contributed by atoms with van der Waals surface area (Å²) < 4.78 is 7.33. The topological polar surface area (TPSA) is 85.8 Å². The zero-order chi connectivity index (χ0) is 16.2. The van der Waals surface area contributed by atoms with Crippen molar-refractivity contribution in [2.45, 2.75) is 38.4 Å². The standard InChI is InChI=1S/C16H19N7O/c1-2-7-22(14(5-1)9-23-12-18-11-19-23)10-15-20-16(21-24-15)13-4-3-6-17-8-13/h3-4,6,8,11-12,14H,1-2,5,7,9-10H2/t14-/m1/s1. The van der Waals surface area contributed by atoms with E-state index in [4.69, 9.17) is 4.52 Å². The van der Waals surface area contributed by atoms with E-state index in [-0.39, 0.29) is 0 Å². The lowest BCUT2D eigenvalue weighted by atomic mass is 10.0. The Bertz CT molecular complexity index is 756. The largest absolute Gasteiger partial charge is 0.338 e. The molecule has 3 aromatic heterocycles. The highest BCUT2D eigenvalue weighted by molar-refractivity contribution is 5.51. The van der Waals surface area contributed by atoms with Gasteiger partial charge in [0.25, 0.3) is 0 Å². The lowest BCUT2D eigenvalue weighted by Crippen LogP contribution is -2.41. The fraction of sp³-hybridized carbons (Fsp3) is 0.438. The average Bonchev–Trinajstić information content (AvgIpc) is 3.29. The Hall–Kier alpha value is -2.61. The molecule has 4 rings (SSSR count). The Morgan fingerprint density at radius 1 is 1.25 bits per heavy atom. The van der Waals surface area contributed by atoms with E-state index in [1.807, 2.05) is 16.8 Å². The lowest BCUT2D eigenvalue weighted by Gasteiger charge is -2.34. The summed E-state index contributed by atoms with van der Waals surface area (Å²) in [6.07, 6.45) is 10.4. The van der Waals surface area contributed by atoms with Crippen LogP contribution in [0.5, 0.6) is 0 Å². The summed E-state index contributed by atoms with van der Waals surface area (Å²) in [7, 11) is 0. The first kappa shape index (κ1) is 14.9. The molecule has 0 N–H and O–H groups in total. The fourth-order valence-corrected chi connectivity index (χ4v) is 3.12. The Balaban J connectivity index is 1.46. The monoisotopic (exact) mass is 325 g/mol. The summed E-state index contributed by atoms with van der Waals surface area (Å²) in [5.41, 5.74) is 0.866. The number of piperidine rings is 1. The van der Waals surface area contributed by atoms with E-state index in [0.717, 1.165) is 25.1 Å². The van der Waals surface area contributed by atoms with Gasteiger partial charge in [-0.15, -0.1) is 0 Å². The first-order valence-electron chi connectivity index (χ1n) is 8.18. The molecule has 24 heavy (non-hydrogen) atoms. The van der Waals surface area contributed by atoms with E-state index < -0.39 is 0 Å². The molecular weight excluding hydrogens is 306 g/mol. The van der Waals surface area contributed by atoms with Crippen molar-refractivity contribution in [2.75, 3.05) is 6.54 Å². The predicted octanol–water partition coefficient (Wildman–Crippen LogP) is 1.78. The fourth-order valence-electron chi connectivity index (χ4n) is 3.12. The number of aromatic nitrogens is 6. The maximum Gasteiger partial charge on any atom is 0.241 e. The molecule has 1 fully saturated rings. The van der Waals surface area contributed by atoms with Crippen LogP contribution in [0.3, 0.4) is 0 Å². The van der Waals surface area contributed by atoms with Gasteiger partial charge in [-0.05, 0) is 31.5 Å². The maximum atomic E-state index is 5.44. The molecule has 124 valence electrons. The number of hydrogen-bond donors (Lipinski definition) is 0. The second-order valence-electron chi connectivity index (χ2n) is 5.99. The summed E-state index contributed by atoms with van der Waals surface area (Å²) in [4.78, 5) is 15.0. The predicted molar refractivity (Wildman–Crippen MR) is 85.6 cm³/mol. The quantitative estimate of drug-likeness (QED) is 0.706. The zero-order valence-electron chi connectivity index (χ0n) is 13.3. The Kier molecular flexibility index (Phi) is 4.28. The lowest BCUT2D eigenvalue weighted by molar-refractivity contribution is 0.108. The normalized spacial score (nSPS) is 18.8. The van der Waals surface area contributed by atoms with Gasteiger partial charge in [-0.2, -0.15) is 10.1 Å². The molecule has 8 heteroatoms. The molecular formula is C16H19N7O. The van der Waals surface area contributed by atoms with E-state index in [1.165, 1.54) is 12.8 Å². The van der Waals surface area contributed by atoms with Crippen molar-refractivity contribution in [3.8, 4) is 11.4 Å². The molecule has 0 bridgehead atoms. The number of rotatable bonds is 5. The van der Waals surface area contributed by atoms with Crippen LogP contribution in [0.2, 0.25) is 0 Å². The Labute approximate surface area is 139 Å². The molecule has 0 aliphatic carbocycles. The van der Waals surface area contributed by atoms with Crippen molar-refractivity contribution >= 4 is 0 Å². The van der Waals surface area contributed by atoms with Gasteiger partial charge in [0.15, 0.2) is 0 Å². The first-order valence-corrected chi connectivity index (χ1v) is 8.18. The van der Waals surface area contributed by atoms with Crippen LogP contribution in [0.25, 0.3) is 11.4 Å². The van der Waals surface area contributed by atoms with E-state index in [1.54, 1.807) is 25.0 Å². The number of likely N-dealkylation sites (tertiary alicyclic amines) is 1. The molecule has 8 nitrogen and oxygen atoms in total. The molecule has 0 saturated carbocycles. The summed E-state index contributed by atoms with van der Waals surface area (Å²) >= 11 is 0. The van der Waals surface area contributed by atoms with E-state index in [0.29, 0.717) is 24.3 Å². The molecule has 1 saturated heterocycles. The molecule has 1 aliphatic rings. The van der Waals surface area contributed by atoms with E-state index >= 15 is 0 Å². The van der Waals surface area contributed by atoms with Gasteiger partial charge >= 0.3 is 0 Å². The molecule has 0 unspecified atom stereocenters. The van der Waals surface area contributed by atoms with Crippen molar-refractivity contribution in [1.82, 2.24) is 34.8 Å². The molecule has 1 aliphatic heterocycles. The van der Waals surface area contributed by atoms with Crippen LogP contribution in [-0.2, 0) is 13.1 Å². The first-order chi connectivity index (χ1) is 11.9. The zero-order valence-corrected chi connectivity index (χ0v) is 13.3. The second-order valence-corrected chi connectivity index (χ2v) is 5.99. The maximum absolute atomic E-state index is 5.44. The van der Waals surface area contributed by atoms with E-state index in [2.05, 4.69) is 30.1 Å². The molecule has 1 atom stereocenters. The third kappa shape index (κ3) is 3.33. The van der Waals surface area contributed by atoms with Crippen LogP contribution in [0.15, 0.2) is 41.7 Å². The second kappa shape index (κ2) is 6.88. The summed E-state index contributed by atoms with van der Waals surface area (Å²) in [5.74, 6) is 1.22. The third-order valence-corrected chi connectivity index (χ3v) is 4.34. The summed E-state index contributed by atoms with van der Waals surface area (Å²) in [5, 5.41) is 8.29. The Morgan fingerprint density at radius 2 is 2.25 bits per heavy atom. The molecule has 0 amide bonds. The molecule has 0 spiro atoms. The average molecular weight is 325 g/mol. The Morgan fingerprint density at radius 3 is 3.08 bits per heavy atom. The van der Waals surface area contributed by atoms with Crippen LogP contribution in [0, 0.1) is 0 Å². The SMILES string of the molecule is c1cncc(-c2noc(CN3CCCC[C@@H]3Cn3cncn3)n2)c1. The highest BCUT2D eigenvalue weighted by atomic mass is 16.5. The van der Waals surface area contributed by atoms with Crippen molar-refractivity contribution in [2.24, 2.45) is 0 Å². The van der Waals surface area contributed by atoms with Gasteiger partial charge in [-0.25, -0.2) is 4.98 Å². The van der Waals surface area contributed by atoms with Crippen LogP contribution in [0.4, 0.5) is 0 Å². The number of nitrogens with zero attached hydrogens (tertiary/aromatic N) is 7. The minimum atomic E-state index is 0.411. The number of pyridine rings is 1. The molecule has 0 radical (unpaired) electrons. The van der Waals surface area contributed by atoms with Crippen molar-refractivity contribution in [3.05, 3.63) is 43.1 Å². The summed E-state index contributed by atoms with van der Waals surface area (Å²) in [6.45, 7) is 2.53. The van der Waals surface area contributed by atoms with Crippen molar-refractivity contribution in [3.63, 3.8) is 0 Å². The minimum Gasteiger partial charge on any atom is -0.338 e. The minimum absolute atomic E-state index is 0.411. The molecule has 3 aromatic rings. The van der Waals surface area contributed by atoms with Crippen LogP contribution < -0.4 is 0 Å². The van der Waals surface area contributed by atoms with Gasteiger partial charge in [0, 0.05) is 24.0 Å². The van der Waals surface area contributed by atoms with Crippen LogP contribution in [-0.4, -0.2) is 47.4 Å². The van der Waals surface area contributed by atoms with Gasteiger partial charge in [0.1, 0.15) is 12.7 Å². The third-order valence-electron chi connectivity index (χ3n) is 4.34. The van der Waals surface area contributed by atoms with Gasteiger partial charge in [-0.3, -0.25) is 14.6 Å². The highest BCUT2D eigenvalue weighted by Gasteiger charge is 2.25. The van der Waals surface area contributed by atoms with Gasteiger partial charge < -0.3 is 4.52 Å². The van der Waals surface area contributed by atoms with Crippen LogP contribution in [0.1, 0.15) is 25.2 Å². The van der Waals surface area contributed by atoms with Gasteiger partial charge in [0.05, 0.1) is 13.1 Å². The van der Waals surface area contributed by atoms with Gasteiger partial charge in [0.2, 0.25) is 11.7 Å². The smallest absolute Gasteiger partial charge is 0.241 e.